The summed E-state index contributed by atoms with van der Waals surface area (Å²) in [6, 6.07) is 12.0. The third kappa shape index (κ3) is 3.98. The molecule has 0 spiro atoms. The molecule has 4 rings (SSSR count). The first-order valence-electron chi connectivity index (χ1n) is 9.31. The van der Waals surface area contributed by atoms with Gasteiger partial charge < -0.3 is 19.3 Å². The van der Waals surface area contributed by atoms with Crippen LogP contribution in [0.4, 0.5) is 5.69 Å². The largest absolute Gasteiger partial charge is 0.365 e. The number of pyridine rings is 1. The number of halogens is 1. The molecule has 1 saturated heterocycles. The van der Waals surface area contributed by atoms with Crippen LogP contribution in [0, 0.1) is 13.8 Å². The van der Waals surface area contributed by atoms with E-state index in [2.05, 4.69) is 15.4 Å². The maximum atomic E-state index is 13.2. The normalized spacial score (nSPS) is 14.0. The molecule has 6 nitrogen and oxygen atoms in total. The SMILES string of the molecule is Cc1noc(C)c1-c1cc(N2CCNCC2)c(=O)n(Cc2ccccc2)c1.Cl. The highest BCUT2D eigenvalue weighted by Crippen LogP contribution is 2.28. The minimum absolute atomic E-state index is 0. The van der Waals surface area contributed by atoms with E-state index in [4.69, 9.17) is 4.52 Å². The summed E-state index contributed by atoms with van der Waals surface area (Å²) in [6.45, 7) is 7.80. The summed E-state index contributed by atoms with van der Waals surface area (Å²) in [5.74, 6) is 0.767. The molecule has 0 radical (unpaired) electrons. The van der Waals surface area contributed by atoms with Crippen LogP contribution in [0.15, 0.2) is 51.9 Å². The fourth-order valence-electron chi connectivity index (χ4n) is 3.68. The summed E-state index contributed by atoms with van der Waals surface area (Å²) in [4.78, 5) is 15.4. The van der Waals surface area contributed by atoms with Crippen LogP contribution in [-0.2, 0) is 6.54 Å². The zero-order valence-corrected chi connectivity index (χ0v) is 17.0. The monoisotopic (exact) mass is 400 g/mol. The second-order valence-electron chi connectivity index (χ2n) is 6.97. The lowest BCUT2D eigenvalue weighted by atomic mass is 10.0. The fourth-order valence-corrected chi connectivity index (χ4v) is 3.68. The number of rotatable bonds is 4. The first-order valence-corrected chi connectivity index (χ1v) is 9.31. The topological polar surface area (TPSA) is 63.3 Å². The van der Waals surface area contributed by atoms with Crippen molar-refractivity contribution < 1.29 is 4.52 Å². The summed E-state index contributed by atoms with van der Waals surface area (Å²) in [5.41, 5.74) is 4.65. The Morgan fingerprint density at radius 2 is 1.86 bits per heavy atom. The van der Waals surface area contributed by atoms with Crippen molar-refractivity contribution in [2.45, 2.75) is 20.4 Å². The third-order valence-electron chi connectivity index (χ3n) is 5.04. The summed E-state index contributed by atoms with van der Waals surface area (Å²) in [5, 5.41) is 7.43. The second-order valence-corrected chi connectivity index (χ2v) is 6.97. The molecular weight excluding hydrogens is 376 g/mol. The highest BCUT2D eigenvalue weighted by atomic mass is 35.5. The van der Waals surface area contributed by atoms with Gasteiger partial charge in [0.25, 0.3) is 5.56 Å². The van der Waals surface area contributed by atoms with Crippen molar-refractivity contribution in [3.8, 4) is 11.1 Å². The van der Waals surface area contributed by atoms with Crippen LogP contribution in [0.1, 0.15) is 17.0 Å². The van der Waals surface area contributed by atoms with Gasteiger partial charge in [0.1, 0.15) is 11.4 Å². The molecule has 0 aliphatic carbocycles. The standard InChI is InChI=1S/C21H24N4O2.ClH/c1-15-20(16(2)27-23-15)18-12-19(24-10-8-22-9-11-24)21(26)25(14-18)13-17-6-4-3-5-7-17;/h3-7,12,14,22H,8-11,13H2,1-2H3;1H. The van der Waals surface area contributed by atoms with E-state index in [1.165, 1.54) is 0 Å². The average molecular weight is 401 g/mol. The molecule has 0 amide bonds. The van der Waals surface area contributed by atoms with Crippen molar-refractivity contribution >= 4 is 18.1 Å². The predicted octanol–water partition coefficient (Wildman–Crippen LogP) is 3.00. The first kappa shape index (κ1) is 20.2. The van der Waals surface area contributed by atoms with E-state index < -0.39 is 0 Å². The number of hydrogen-bond acceptors (Lipinski definition) is 5. The lowest BCUT2D eigenvalue weighted by Gasteiger charge is -2.29. The van der Waals surface area contributed by atoms with Crippen LogP contribution < -0.4 is 15.8 Å². The second kappa shape index (κ2) is 8.63. The third-order valence-corrected chi connectivity index (χ3v) is 5.04. The Labute approximate surface area is 170 Å². The molecular formula is C21H25ClN4O2. The maximum Gasteiger partial charge on any atom is 0.274 e. The molecule has 0 bridgehead atoms. The molecule has 148 valence electrons. The quantitative estimate of drug-likeness (QED) is 0.729. The number of anilines is 1. The van der Waals surface area contributed by atoms with E-state index in [0.29, 0.717) is 6.54 Å². The van der Waals surface area contributed by atoms with Gasteiger partial charge in [-0.25, -0.2) is 0 Å². The van der Waals surface area contributed by atoms with Gasteiger partial charge in [0.15, 0.2) is 0 Å². The highest BCUT2D eigenvalue weighted by molar-refractivity contribution is 5.85. The Morgan fingerprint density at radius 1 is 1.14 bits per heavy atom. The van der Waals surface area contributed by atoms with Gasteiger partial charge in [-0.1, -0.05) is 35.5 Å². The molecule has 28 heavy (non-hydrogen) atoms. The Hall–Kier alpha value is -2.57. The van der Waals surface area contributed by atoms with Crippen LogP contribution in [0.25, 0.3) is 11.1 Å². The molecule has 1 aliphatic rings. The molecule has 0 atom stereocenters. The van der Waals surface area contributed by atoms with Gasteiger partial charge in [-0.05, 0) is 25.5 Å². The zero-order chi connectivity index (χ0) is 18.8. The van der Waals surface area contributed by atoms with Crippen molar-refractivity contribution in [2.75, 3.05) is 31.1 Å². The van der Waals surface area contributed by atoms with Crippen LogP contribution in [0.3, 0.4) is 0 Å². The molecule has 7 heteroatoms. The number of aryl methyl sites for hydroxylation is 2. The minimum Gasteiger partial charge on any atom is -0.365 e. The molecule has 3 heterocycles. The fraction of sp³-hybridized carbons (Fsp3) is 0.333. The van der Waals surface area contributed by atoms with E-state index in [1.807, 2.05) is 56.4 Å². The van der Waals surface area contributed by atoms with Gasteiger partial charge in [0, 0.05) is 43.5 Å². The van der Waals surface area contributed by atoms with Gasteiger partial charge in [-0.2, -0.15) is 0 Å². The smallest absolute Gasteiger partial charge is 0.274 e. The van der Waals surface area contributed by atoms with Gasteiger partial charge in [0.05, 0.1) is 12.2 Å². The lowest BCUT2D eigenvalue weighted by Crippen LogP contribution is -2.46. The number of nitrogens with one attached hydrogen (secondary N) is 1. The lowest BCUT2D eigenvalue weighted by molar-refractivity contribution is 0.393. The molecule has 0 saturated carbocycles. The van der Waals surface area contributed by atoms with Crippen LogP contribution in [-0.4, -0.2) is 35.9 Å². The van der Waals surface area contributed by atoms with Crippen LogP contribution in [0.5, 0.6) is 0 Å². The first-order chi connectivity index (χ1) is 13.1. The summed E-state index contributed by atoms with van der Waals surface area (Å²) in [7, 11) is 0. The van der Waals surface area contributed by atoms with Gasteiger partial charge in [-0.3, -0.25) is 4.79 Å². The number of benzene rings is 1. The van der Waals surface area contributed by atoms with Crippen molar-refractivity contribution in [3.05, 3.63) is 70.0 Å². The number of hydrogen-bond donors (Lipinski definition) is 1. The van der Waals surface area contributed by atoms with E-state index in [-0.39, 0.29) is 18.0 Å². The van der Waals surface area contributed by atoms with Crippen molar-refractivity contribution in [1.82, 2.24) is 15.0 Å². The minimum atomic E-state index is 0. The Morgan fingerprint density at radius 3 is 2.50 bits per heavy atom. The van der Waals surface area contributed by atoms with E-state index in [0.717, 1.165) is 60.0 Å². The van der Waals surface area contributed by atoms with Gasteiger partial charge in [-0.15, -0.1) is 12.4 Å². The predicted molar refractivity (Wildman–Crippen MR) is 114 cm³/mol. The molecule has 1 aromatic carbocycles. The highest BCUT2D eigenvalue weighted by Gasteiger charge is 2.20. The molecule has 2 aromatic heterocycles. The van der Waals surface area contributed by atoms with Crippen LogP contribution >= 0.6 is 12.4 Å². The summed E-state index contributed by atoms with van der Waals surface area (Å²) >= 11 is 0. The molecule has 1 fully saturated rings. The Kier molecular flexibility index (Phi) is 6.21. The van der Waals surface area contributed by atoms with E-state index >= 15 is 0 Å². The number of aromatic nitrogens is 2. The van der Waals surface area contributed by atoms with Gasteiger partial charge in [0.2, 0.25) is 0 Å². The van der Waals surface area contributed by atoms with E-state index in [9.17, 15) is 4.79 Å². The van der Waals surface area contributed by atoms with Crippen molar-refractivity contribution in [1.29, 1.82) is 0 Å². The number of nitrogens with zero attached hydrogens (tertiary/aromatic N) is 3. The molecule has 1 N–H and O–H groups in total. The van der Waals surface area contributed by atoms with Crippen LogP contribution in [0.2, 0.25) is 0 Å². The van der Waals surface area contributed by atoms with Crippen molar-refractivity contribution in [2.24, 2.45) is 0 Å². The summed E-state index contributed by atoms with van der Waals surface area (Å²) in [6.07, 6.45) is 1.92. The number of piperazine rings is 1. The molecule has 3 aromatic rings. The Balaban J connectivity index is 0.00000225. The summed E-state index contributed by atoms with van der Waals surface area (Å²) < 4.78 is 7.16. The zero-order valence-electron chi connectivity index (χ0n) is 16.1. The molecule has 1 aliphatic heterocycles. The maximum absolute atomic E-state index is 13.2. The van der Waals surface area contributed by atoms with Crippen molar-refractivity contribution in [3.63, 3.8) is 0 Å². The van der Waals surface area contributed by atoms with E-state index in [1.54, 1.807) is 4.57 Å². The molecule has 0 unspecified atom stereocenters. The average Bonchev–Trinajstić information content (AvgIpc) is 3.03. The van der Waals surface area contributed by atoms with Gasteiger partial charge >= 0.3 is 0 Å². The Bertz CT molecular complexity index is 972.